The summed E-state index contributed by atoms with van der Waals surface area (Å²) in [4.78, 5) is 10.7. The van der Waals surface area contributed by atoms with Gasteiger partial charge in [-0.1, -0.05) is 19.1 Å². The molecule has 4 N–H and O–H groups in total. The molecule has 0 saturated heterocycles. The lowest BCUT2D eigenvalue weighted by Gasteiger charge is -2.18. The Kier molecular flexibility index (Phi) is 5.06. The summed E-state index contributed by atoms with van der Waals surface area (Å²) in [5.41, 5.74) is 5.85. The second-order valence-electron chi connectivity index (χ2n) is 3.84. The number of amides is 1. The van der Waals surface area contributed by atoms with Crippen LogP contribution < -0.4 is 11.1 Å². The van der Waals surface area contributed by atoms with Crippen molar-refractivity contribution in [3.63, 3.8) is 0 Å². The van der Waals surface area contributed by atoms with Crippen molar-refractivity contribution >= 4 is 5.91 Å². The third kappa shape index (κ3) is 4.13. The van der Waals surface area contributed by atoms with Crippen molar-refractivity contribution in [2.45, 2.75) is 25.5 Å². The van der Waals surface area contributed by atoms with Gasteiger partial charge in [-0.15, -0.1) is 0 Å². The maximum atomic E-state index is 12.8. The van der Waals surface area contributed by atoms with Crippen LogP contribution in [0, 0.1) is 5.82 Å². The van der Waals surface area contributed by atoms with Crippen LogP contribution in [0.15, 0.2) is 24.3 Å². The number of hydrogen-bond acceptors (Lipinski definition) is 3. The van der Waals surface area contributed by atoms with Crippen molar-refractivity contribution in [2.75, 3.05) is 6.54 Å². The molecule has 94 valence electrons. The van der Waals surface area contributed by atoms with Crippen molar-refractivity contribution < 1.29 is 14.3 Å². The van der Waals surface area contributed by atoms with Crippen LogP contribution in [0.4, 0.5) is 4.39 Å². The quantitative estimate of drug-likeness (QED) is 0.685. The van der Waals surface area contributed by atoms with Crippen molar-refractivity contribution in [1.29, 1.82) is 0 Å². The molecule has 0 aliphatic rings. The standard InChI is InChI=1S/C12H17FN2O2/c1-2-10(15-7-11(16)12(14)17)8-3-5-9(13)6-4-8/h3-6,10-11,15-16H,2,7H2,1H3,(H2,14,17). The van der Waals surface area contributed by atoms with Crippen LogP contribution in [-0.4, -0.2) is 23.7 Å². The van der Waals surface area contributed by atoms with Gasteiger partial charge in [-0.05, 0) is 24.1 Å². The van der Waals surface area contributed by atoms with Crippen LogP contribution in [0.25, 0.3) is 0 Å². The Bertz CT molecular complexity index is 367. The molecule has 1 aromatic carbocycles. The maximum absolute atomic E-state index is 12.8. The van der Waals surface area contributed by atoms with Crippen LogP contribution in [0.1, 0.15) is 24.9 Å². The summed E-state index contributed by atoms with van der Waals surface area (Å²) in [6, 6.07) is 6.07. The molecule has 0 aliphatic carbocycles. The van der Waals surface area contributed by atoms with Crippen LogP contribution >= 0.6 is 0 Å². The zero-order valence-electron chi connectivity index (χ0n) is 9.69. The van der Waals surface area contributed by atoms with Gasteiger partial charge in [0.2, 0.25) is 5.91 Å². The first-order chi connectivity index (χ1) is 8.04. The van der Waals surface area contributed by atoms with Crippen LogP contribution in [0.5, 0.6) is 0 Å². The second-order valence-corrected chi connectivity index (χ2v) is 3.84. The number of aliphatic hydroxyl groups excluding tert-OH is 1. The van der Waals surface area contributed by atoms with Gasteiger partial charge in [-0.3, -0.25) is 4.79 Å². The molecule has 2 unspecified atom stereocenters. The minimum absolute atomic E-state index is 0.0374. The van der Waals surface area contributed by atoms with Gasteiger partial charge in [0.25, 0.3) is 0 Å². The number of nitrogens with one attached hydrogen (secondary N) is 1. The van der Waals surface area contributed by atoms with E-state index in [4.69, 9.17) is 5.73 Å². The maximum Gasteiger partial charge on any atom is 0.247 e. The van der Waals surface area contributed by atoms with Gasteiger partial charge >= 0.3 is 0 Å². The topological polar surface area (TPSA) is 75.3 Å². The third-order valence-electron chi connectivity index (χ3n) is 2.57. The predicted molar refractivity (Wildman–Crippen MR) is 62.6 cm³/mol. The fourth-order valence-corrected chi connectivity index (χ4v) is 1.55. The lowest BCUT2D eigenvalue weighted by Crippen LogP contribution is -2.38. The highest BCUT2D eigenvalue weighted by molar-refractivity contribution is 5.78. The van der Waals surface area contributed by atoms with Crippen LogP contribution in [0.2, 0.25) is 0 Å². The van der Waals surface area contributed by atoms with E-state index in [0.29, 0.717) is 0 Å². The molecular weight excluding hydrogens is 223 g/mol. The Hall–Kier alpha value is -1.46. The van der Waals surface area contributed by atoms with E-state index in [2.05, 4.69) is 5.32 Å². The highest BCUT2D eigenvalue weighted by Gasteiger charge is 2.14. The number of carbonyl (C=O) groups is 1. The predicted octanol–water partition coefficient (Wildman–Crippen LogP) is 0.713. The van der Waals surface area contributed by atoms with Gasteiger partial charge < -0.3 is 16.2 Å². The molecule has 1 amide bonds. The molecular formula is C12H17FN2O2. The average molecular weight is 240 g/mol. The molecule has 0 radical (unpaired) electrons. The summed E-state index contributed by atoms with van der Waals surface area (Å²) < 4.78 is 12.8. The fourth-order valence-electron chi connectivity index (χ4n) is 1.55. The largest absolute Gasteiger partial charge is 0.382 e. The lowest BCUT2D eigenvalue weighted by atomic mass is 10.0. The third-order valence-corrected chi connectivity index (χ3v) is 2.57. The smallest absolute Gasteiger partial charge is 0.247 e. The van der Waals surface area contributed by atoms with E-state index in [9.17, 15) is 14.3 Å². The van der Waals surface area contributed by atoms with E-state index in [1.165, 1.54) is 12.1 Å². The minimum Gasteiger partial charge on any atom is -0.382 e. The molecule has 0 saturated carbocycles. The van der Waals surface area contributed by atoms with Gasteiger partial charge in [0, 0.05) is 12.6 Å². The number of halogens is 1. The van der Waals surface area contributed by atoms with Gasteiger partial charge in [0.1, 0.15) is 11.9 Å². The molecule has 0 aromatic heterocycles. The van der Waals surface area contributed by atoms with Gasteiger partial charge in [0.05, 0.1) is 0 Å². The Morgan fingerprint density at radius 2 is 2.06 bits per heavy atom. The highest BCUT2D eigenvalue weighted by atomic mass is 19.1. The molecule has 5 heteroatoms. The molecule has 1 rings (SSSR count). The number of rotatable bonds is 6. The Morgan fingerprint density at radius 3 is 2.53 bits per heavy atom. The summed E-state index contributed by atoms with van der Waals surface area (Å²) in [5, 5.41) is 12.3. The number of hydrogen-bond donors (Lipinski definition) is 3. The second kappa shape index (κ2) is 6.32. The summed E-state index contributed by atoms with van der Waals surface area (Å²) >= 11 is 0. The number of benzene rings is 1. The van der Waals surface area contributed by atoms with E-state index in [1.807, 2.05) is 6.92 Å². The molecule has 1 aromatic rings. The SMILES string of the molecule is CCC(NCC(O)C(N)=O)c1ccc(F)cc1. The summed E-state index contributed by atoms with van der Waals surface area (Å²) in [5.74, 6) is -1.05. The highest BCUT2D eigenvalue weighted by Crippen LogP contribution is 2.16. The Balaban J connectivity index is 2.60. The molecule has 0 bridgehead atoms. The van der Waals surface area contributed by atoms with Crippen molar-refractivity contribution in [3.8, 4) is 0 Å². The van der Waals surface area contributed by atoms with E-state index in [-0.39, 0.29) is 18.4 Å². The monoisotopic (exact) mass is 240 g/mol. The summed E-state index contributed by atoms with van der Waals surface area (Å²) in [7, 11) is 0. The first kappa shape index (κ1) is 13.6. The Labute approximate surface area is 99.6 Å². The summed E-state index contributed by atoms with van der Waals surface area (Å²) in [6.07, 6.45) is -0.443. The average Bonchev–Trinajstić information content (AvgIpc) is 2.31. The van der Waals surface area contributed by atoms with E-state index in [0.717, 1.165) is 12.0 Å². The number of aliphatic hydroxyl groups is 1. The van der Waals surface area contributed by atoms with Crippen molar-refractivity contribution in [3.05, 3.63) is 35.6 Å². The van der Waals surface area contributed by atoms with Crippen LogP contribution in [0.3, 0.4) is 0 Å². The van der Waals surface area contributed by atoms with Gasteiger partial charge in [-0.2, -0.15) is 0 Å². The first-order valence-corrected chi connectivity index (χ1v) is 5.50. The van der Waals surface area contributed by atoms with Gasteiger partial charge in [0.15, 0.2) is 0 Å². The van der Waals surface area contributed by atoms with E-state index < -0.39 is 12.0 Å². The minimum atomic E-state index is -1.20. The number of carbonyl (C=O) groups excluding carboxylic acids is 1. The number of primary amides is 1. The van der Waals surface area contributed by atoms with E-state index >= 15 is 0 Å². The molecule has 0 fully saturated rings. The van der Waals surface area contributed by atoms with Gasteiger partial charge in [-0.25, -0.2) is 4.39 Å². The van der Waals surface area contributed by atoms with Crippen molar-refractivity contribution in [2.24, 2.45) is 5.73 Å². The molecule has 0 aliphatic heterocycles. The fraction of sp³-hybridized carbons (Fsp3) is 0.417. The molecule has 2 atom stereocenters. The summed E-state index contributed by atoms with van der Waals surface area (Å²) in [6.45, 7) is 2.04. The normalized spacial score (nSPS) is 14.3. The molecule has 0 heterocycles. The molecule has 4 nitrogen and oxygen atoms in total. The zero-order chi connectivity index (χ0) is 12.8. The molecule has 0 spiro atoms. The van der Waals surface area contributed by atoms with Crippen molar-refractivity contribution in [1.82, 2.24) is 5.32 Å². The van der Waals surface area contributed by atoms with Crippen LogP contribution in [-0.2, 0) is 4.79 Å². The number of nitrogens with two attached hydrogens (primary N) is 1. The van der Waals surface area contributed by atoms with E-state index in [1.54, 1.807) is 12.1 Å². The molecule has 17 heavy (non-hydrogen) atoms. The lowest BCUT2D eigenvalue weighted by molar-refractivity contribution is -0.125. The first-order valence-electron chi connectivity index (χ1n) is 5.50. The Morgan fingerprint density at radius 1 is 1.47 bits per heavy atom. The zero-order valence-corrected chi connectivity index (χ0v) is 9.69.